The predicted molar refractivity (Wildman–Crippen MR) is 74.9 cm³/mol. The molecule has 0 aliphatic carbocycles. The molecule has 0 unspecified atom stereocenters. The van der Waals surface area contributed by atoms with E-state index < -0.39 is 9.84 Å². The van der Waals surface area contributed by atoms with Crippen LogP contribution in [0.25, 0.3) is 0 Å². The van der Waals surface area contributed by atoms with Gasteiger partial charge in [0.05, 0.1) is 5.75 Å². The van der Waals surface area contributed by atoms with Gasteiger partial charge in [0.2, 0.25) is 0 Å². The summed E-state index contributed by atoms with van der Waals surface area (Å²) < 4.78 is 28.2. The molecule has 1 saturated heterocycles. The van der Waals surface area contributed by atoms with Crippen molar-refractivity contribution >= 4 is 32.2 Å². The number of rotatable bonds is 3. The number of hydrogen-bond acceptors (Lipinski definition) is 6. The zero-order chi connectivity index (χ0) is 13.6. The molecule has 102 valence electrons. The number of nitrogen functional groups attached to an aromatic ring is 1. The quantitative estimate of drug-likeness (QED) is 0.917. The van der Waals surface area contributed by atoms with E-state index >= 15 is 0 Å². The molecule has 0 aromatic carbocycles. The lowest BCUT2D eigenvalue weighted by atomic mass is 9.93. The second-order valence-electron chi connectivity index (χ2n) is 5.44. The molecule has 7 heteroatoms. The molecule has 1 aliphatic heterocycles. The van der Waals surface area contributed by atoms with Gasteiger partial charge in [-0.2, -0.15) is 4.37 Å². The largest absolute Gasteiger partial charge is 0.382 e. The fourth-order valence-corrected chi connectivity index (χ4v) is 4.54. The second kappa shape index (κ2) is 4.38. The molecule has 0 amide bonds. The number of sulfone groups is 1. The summed E-state index contributed by atoms with van der Waals surface area (Å²) in [6.07, 6.45) is 1.05. The number of nitrogens with two attached hydrogens (primary N) is 1. The molecule has 2 heterocycles. The van der Waals surface area contributed by atoms with Crippen LogP contribution in [0.15, 0.2) is 4.90 Å². The van der Waals surface area contributed by atoms with Gasteiger partial charge in [0.25, 0.3) is 0 Å². The predicted octanol–water partition coefficient (Wildman–Crippen LogP) is 1.76. The smallest absolute Gasteiger partial charge is 0.184 e. The van der Waals surface area contributed by atoms with Gasteiger partial charge < -0.3 is 10.6 Å². The molecule has 1 fully saturated rings. The monoisotopic (exact) mass is 289 g/mol. The van der Waals surface area contributed by atoms with Crippen LogP contribution in [-0.4, -0.2) is 31.6 Å². The average Bonchev–Trinajstić information content (AvgIpc) is 2.82. The zero-order valence-corrected chi connectivity index (χ0v) is 12.6. The first kappa shape index (κ1) is 13.6. The molecular weight excluding hydrogens is 270 g/mol. The summed E-state index contributed by atoms with van der Waals surface area (Å²) >= 11 is 1.19. The maximum atomic E-state index is 12.1. The van der Waals surface area contributed by atoms with Crippen molar-refractivity contribution in [3.63, 3.8) is 0 Å². The van der Waals surface area contributed by atoms with Crippen molar-refractivity contribution in [1.29, 1.82) is 0 Å². The normalized spacial score (nSPS) is 19.4. The Labute approximate surface area is 112 Å². The van der Waals surface area contributed by atoms with E-state index in [4.69, 9.17) is 5.73 Å². The van der Waals surface area contributed by atoms with Gasteiger partial charge in [-0.1, -0.05) is 20.8 Å². The van der Waals surface area contributed by atoms with Crippen LogP contribution in [0.2, 0.25) is 0 Å². The number of anilines is 2. The minimum absolute atomic E-state index is 0.0554. The molecule has 0 saturated carbocycles. The Kier molecular flexibility index (Phi) is 3.31. The third-order valence-electron chi connectivity index (χ3n) is 3.31. The highest BCUT2D eigenvalue weighted by Crippen LogP contribution is 2.40. The molecule has 0 atom stereocenters. The number of nitrogens with zero attached hydrogens (tertiary/aromatic N) is 2. The standard InChI is InChI=1S/C11H19N3O2S2/c1-4-18(15,16)8-9(12)13-17-10(8)14-6-5-11(2,3)7-14/h4-7H2,1-3H3,(H2,12,13). The van der Waals surface area contributed by atoms with Gasteiger partial charge in [0, 0.05) is 13.1 Å². The fourth-order valence-electron chi connectivity index (χ4n) is 2.21. The number of aromatic nitrogens is 1. The van der Waals surface area contributed by atoms with Gasteiger partial charge in [0.1, 0.15) is 9.90 Å². The third kappa shape index (κ3) is 2.33. The van der Waals surface area contributed by atoms with Gasteiger partial charge in [-0.3, -0.25) is 0 Å². The van der Waals surface area contributed by atoms with Crippen LogP contribution in [0, 0.1) is 5.41 Å². The molecule has 1 aromatic rings. The number of hydrogen-bond donors (Lipinski definition) is 1. The Balaban J connectivity index is 2.42. The van der Waals surface area contributed by atoms with Crippen LogP contribution >= 0.6 is 11.5 Å². The molecule has 0 spiro atoms. The van der Waals surface area contributed by atoms with Gasteiger partial charge >= 0.3 is 0 Å². The first-order valence-electron chi connectivity index (χ1n) is 6.00. The highest BCUT2D eigenvalue weighted by Gasteiger charge is 2.34. The SMILES string of the molecule is CCS(=O)(=O)c1c(N)nsc1N1CCC(C)(C)C1. The Morgan fingerprint density at radius 2 is 2.17 bits per heavy atom. The zero-order valence-electron chi connectivity index (χ0n) is 10.9. The van der Waals surface area contributed by atoms with Crippen molar-refractivity contribution in [1.82, 2.24) is 4.37 Å². The Bertz CT molecular complexity index is 549. The van der Waals surface area contributed by atoms with Gasteiger partial charge in [-0.15, -0.1) is 0 Å². The average molecular weight is 289 g/mol. The topological polar surface area (TPSA) is 76.3 Å². The lowest BCUT2D eigenvalue weighted by molar-refractivity contribution is 0.418. The molecule has 5 nitrogen and oxygen atoms in total. The highest BCUT2D eigenvalue weighted by atomic mass is 32.2. The van der Waals surface area contributed by atoms with Crippen molar-refractivity contribution < 1.29 is 8.42 Å². The minimum atomic E-state index is -3.31. The van der Waals surface area contributed by atoms with E-state index in [0.717, 1.165) is 19.5 Å². The van der Waals surface area contributed by atoms with Crippen molar-refractivity contribution in [2.24, 2.45) is 5.41 Å². The molecule has 1 aliphatic rings. The van der Waals surface area contributed by atoms with E-state index in [1.54, 1.807) is 6.92 Å². The van der Waals surface area contributed by atoms with Crippen LogP contribution < -0.4 is 10.6 Å². The maximum absolute atomic E-state index is 12.1. The van der Waals surface area contributed by atoms with E-state index in [-0.39, 0.29) is 21.9 Å². The van der Waals surface area contributed by atoms with E-state index in [0.29, 0.717) is 5.00 Å². The van der Waals surface area contributed by atoms with Crippen LogP contribution in [0.5, 0.6) is 0 Å². The van der Waals surface area contributed by atoms with Crippen LogP contribution in [0.1, 0.15) is 27.2 Å². The lowest BCUT2D eigenvalue weighted by Crippen LogP contribution is -2.23. The molecule has 0 radical (unpaired) electrons. The first-order chi connectivity index (χ1) is 8.27. The van der Waals surface area contributed by atoms with Gasteiger partial charge in [-0.25, -0.2) is 8.42 Å². The summed E-state index contributed by atoms with van der Waals surface area (Å²) in [6.45, 7) is 7.71. The molecule has 2 rings (SSSR count). The van der Waals surface area contributed by atoms with Crippen LogP contribution in [0.3, 0.4) is 0 Å². The summed E-state index contributed by atoms with van der Waals surface area (Å²) in [5.41, 5.74) is 5.95. The summed E-state index contributed by atoms with van der Waals surface area (Å²) in [7, 11) is -3.31. The Hall–Kier alpha value is -0.820. The second-order valence-corrected chi connectivity index (χ2v) is 8.41. The van der Waals surface area contributed by atoms with E-state index in [1.165, 1.54) is 11.5 Å². The van der Waals surface area contributed by atoms with Crippen molar-refractivity contribution in [3.8, 4) is 0 Å². The van der Waals surface area contributed by atoms with E-state index in [1.807, 2.05) is 0 Å². The molecule has 1 aromatic heterocycles. The van der Waals surface area contributed by atoms with Crippen LogP contribution in [-0.2, 0) is 9.84 Å². The van der Waals surface area contributed by atoms with Crippen molar-refractivity contribution in [2.75, 3.05) is 29.5 Å². The third-order valence-corrected chi connectivity index (χ3v) is 6.15. The van der Waals surface area contributed by atoms with Gasteiger partial charge in [-0.05, 0) is 23.4 Å². The molecular formula is C11H19N3O2S2. The fraction of sp³-hybridized carbons (Fsp3) is 0.727. The first-order valence-corrected chi connectivity index (χ1v) is 8.42. The molecule has 0 bridgehead atoms. The molecule has 18 heavy (non-hydrogen) atoms. The van der Waals surface area contributed by atoms with E-state index in [9.17, 15) is 8.42 Å². The molecule has 2 N–H and O–H groups in total. The van der Waals surface area contributed by atoms with Crippen molar-refractivity contribution in [3.05, 3.63) is 0 Å². The van der Waals surface area contributed by atoms with Crippen LogP contribution in [0.4, 0.5) is 10.8 Å². The minimum Gasteiger partial charge on any atom is -0.382 e. The summed E-state index contributed by atoms with van der Waals surface area (Å²) in [5, 5.41) is 0.708. The Morgan fingerprint density at radius 3 is 2.67 bits per heavy atom. The Morgan fingerprint density at radius 1 is 1.50 bits per heavy atom. The van der Waals surface area contributed by atoms with E-state index in [2.05, 4.69) is 23.1 Å². The van der Waals surface area contributed by atoms with Gasteiger partial charge in [0.15, 0.2) is 15.7 Å². The highest BCUT2D eigenvalue weighted by molar-refractivity contribution is 7.91. The lowest BCUT2D eigenvalue weighted by Gasteiger charge is -2.20. The maximum Gasteiger partial charge on any atom is 0.184 e. The summed E-state index contributed by atoms with van der Waals surface area (Å²) in [4.78, 5) is 2.32. The summed E-state index contributed by atoms with van der Waals surface area (Å²) in [6, 6.07) is 0. The summed E-state index contributed by atoms with van der Waals surface area (Å²) in [5.74, 6) is 0.196. The van der Waals surface area contributed by atoms with Crippen molar-refractivity contribution in [2.45, 2.75) is 32.1 Å².